The SMILES string of the molecule is O=C(Cc1ccccc1C(=O)O)Nc1ccc(NC(=O)C2CCC2)c(Cl)c1. The molecular weight excluding hydrogens is 368 g/mol. The molecule has 27 heavy (non-hydrogen) atoms. The van der Waals surface area contributed by atoms with Crippen LogP contribution in [0.4, 0.5) is 11.4 Å². The fourth-order valence-electron chi connectivity index (χ4n) is 2.86. The molecule has 2 amide bonds. The molecule has 0 saturated heterocycles. The Balaban J connectivity index is 1.64. The topological polar surface area (TPSA) is 95.5 Å². The predicted molar refractivity (Wildman–Crippen MR) is 103 cm³/mol. The monoisotopic (exact) mass is 386 g/mol. The lowest BCUT2D eigenvalue weighted by Gasteiger charge is -2.24. The number of nitrogens with one attached hydrogen (secondary N) is 2. The van der Waals surface area contributed by atoms with Gasteiger partial charge in [-0.3, -0.25) is 9.59 Å². The lowest BCUT2D eigenvalue weighted by molar-refractivity contribution is -0.122. The van der Waals surface area contributed by atoms with Crippen LogP contribution >= 0.6 is 11.6 Å². The Kier molecular flexibility index (Phi) is 5.76. The number of hydrogen-bond acceptors (Lipinski definition) is 3. The van der Waals surface area contributed by atoms with Crippen molar-refractivity contribution in [3.8, 4) is 0 Å². The van der Waals surface area contributed by atoms with E-state index < -0.39 is 5.97 Å². The van der Waals surface area contributed by atoms with Crippen molar-refractivity contribution < 1.29 is 19.5 Å². The minimum atomic E-state index is -1.08. The van der Waals surface area contributed by atoms with Crippen molar-refractivity contribution in [1.82, 2.24) is 0 Å². The Morgan fingerprint density at radius 2 is 1.81 bits per heavy atom. The van der Waals surface area contributed by atoms with E-state index in [1.165, 1.54) is 6.07 Å². The van der Waals surface area contributed by atoms with Crippen LogP contribution in [0.1, 0.15) is 35.2 Å². The summed E-state index contributed by atoms with van der Waals surface area (Å²) in [6, 6.07) is 11.2. The summed E-state index contributed by atoms with van der Waals surface area (Å²) in [6.45, 7) is 0. The normalized spacial score (nSPS) is 13.5. The molecule has 1 aliphatic carbocycles. The van der Waals surface area contributed by atoms with Crippen molar-refractivity contribution in [2.45, 2.75) is 25.7 Å². The molecule has 0 unspecified atom stereocenters. The van der Waals surface area contributed by atoms with Crippen LogP contribution in [0, 0.1) is 5.92 Å². The number of carboxylic acids is 1. The fourth-order valence-corrected chi connectivity index (χ4v) is 3.09. The number of anilines is 2. The zero-order valence-electron chi connectivity index (χ0n) is 14.5. The van der Waals surface area contributed by atoms with Gasteiger partial charge in [0.15, 0.2) is 0 Å². The number of carboxylic acid groups (broad SMARTS) is 1. The minimum Gasteiger partial charge on any atom is -0.478 e. The maximum atomic E-state index is 12.2. The Morgan fingerprint density at radius 1 is 1.07 bits per heavy atom. The molecule has 0 spiro atoms. The van der Waals surface area contributed by atoms with Crippen molar-refractivity contribution in [3.63, 3.8) is 0 Å². The minimum absolute atomic E-state index is 0.0368. The Morgan fingerprint density at radius 3 is 2.44 bits per heavy atom. The largest absolute Gasteiger partial charge is 0.478 e. The van der Waals surface area contributed by atoms with Gasteiger partial charge in [-0.25, -0.2) is 4.79 Å². The summed E-state index contributed by atoms with van der Waals surface area (Å²) < 4.78 is 0. The van der Waals surface area contributed by atoms with Crippen molar-refractivity contribution in [1.29, 1.82) is 0 Å². The Hall–Kier alpha value is -2.86. The van der Waals surface area contributed by atoms with Gasteiger partial charge in [-0.05, 0) is 42.7 Å². The summed E-state index contributed by atoms with van der Waals surface area (Å²) in [5.74, 6) is -1.42. The standard InChI is InChI=1S/C20H19ClN2O4/c21-16-11-14(8-9-17(16)23-19(25)12-5-3-6-12)22-18(24)10-13-4-1-2-7-15(13)20(26)27/h1-2,4,7-9,11-12H,3,5-6,10H2,(H,22,24)(H,23,25)(H,26,27). The highest BCUT2D eigenvalue weighted by Crippen LogP contribution is 2.30. The maximum Gasteiger partial charge on any atom is 0.335 e. The molecule has 0 aromatic heterocycles. The summed E-state index contributed by atoms with van der Waals surface area (Å²) in [5.41, 5.74) is 1.50. The van der Waals surface area contributed by atoms with Gasteiger partial charge in [-0.2, -0.15) is 0 Å². The molecule has 0 aliphatic heterocycles. The van der Waals surface area contributed by atoms with Crippen LogP contribution in [0.2, 0.25) is 5.02 Å². The molecule has 1 fully saturated rings. The van der Waals surface area contributed by atoms with E-state index in [0.717, 1.165) is 19.3 Å². The average Bonchev–Trinajstić information content (AvgIpc) is 2.56. The maximum absolute atomic E-state index is 12.2. The second kappa shape index (κ2) is 8.22. The van der Waals surface area contributed by atoms with Crippen molar-refractivity contribution in [2.24, 2.45) is 5.92 Å². The van der Waals surface area contributed by atoms with Crippen LogP contribution in [0.3, 0.4) is 0 Å². The van der Waals surface area contributed by atoms with Gasteiger partial charge < -0.3 is 15.7 Å². The molecule has 6 nitrogen and oxygen atoms in total. The lowest BCUT2D eigenvalue weighted by atomic mass is 9.85. The zero-order valence-corrected chi connectivity index (χ0v) is 15.3. The van der Waals surface area contributed by atoms with Crippen LogP contribution in [0.5, 0.6) is 0 Å². The summed E-state index contributed by atoms with van der Waals surface area (Å²) in [7, 11) is 0. The van der Waals surface area contributed by atoms with Crippen LogP contribution in [-0.4, -0.2) is 22.9 Å². The molecule has 0 atom stereocenters. The number of rotatable bonds is 6. The zero-order chi connectivity index (χ0) is 19.4. The number of hydrogen-bond donors (Lipinski definition) is 3. The summed E-state index contributed by atoms with van der Waals surface area (Å²) in [5, 5.41) is 15.0. The summed E-state index contributed by atoms with van der Waals surface area (Å²) in [6.07, 6.45) is 2.80. The van der Waals surface area contributed by atoms with Gasteiger partial charge in [0.1, 0.15) is 0 Å². The highest BCUT2D eigenvalue weighted by molar-refractivity contribution is 6.34. The Bertz CT molecular complexity index is 893. The molecule has 3 rings (SSSR count). The number of amides is 2. The van der Waals surface area contributed by atoms with E-state index in [0.29, 0.717) is 22.0 Å². The molecule has 1 saturated carbocycles. The molecule has 140 valence electrons. The molecule has 0 radical (unpaired) electrons. The summed E-state index contributed by atoms with van der Waals surface area (Å²) >= 11 is 6.21. The first-order chi connectivity index (χ1) is 12.9. The Labute approximate surface area is 161 Å². The molecule has 0 bridgehead atoms. The van der Waals surface area contributed by atoms with Gasteiger partial charge in [-0.1, -0.05) is 36.2 Å². The second-order valence-corrected chi connectivity index (χ2v) is 6.91. The van der Waals surface area contributed by atoms with Crippen LogP contribution in [0.15, 0.2) is 42.5 Å². The highest BCUT2D eigenvalue weighted by atomic mass is 35.5. The van der Waals surface area contributed by atoms with Gasteiger partial charge >= 0.3 is 5.97 Å². The van der Waals surface area contributed by atoms with Gasteiger partial charge in [0.25, 0.3) is 0 Å². The molecular formula is C20H19ClN2O4. The van der Waals surface area contributed by atoms with Crippen LogP contribution in [-0.2, 0) is 16.0 Å². The first-order valence-electron chi connectivity index (χ1n) is 8.65. The van der Waals surface area contributed by atoms with E-state index in [2.05, 4.69) is 10.6 Å². The van der Waals surface area contributed by atoms with Gasteiger partial charge in [0.2, 0.25) is 11.8 Å². The van der Waals surface area contributed by atoms with Crippen molar-refractivity contribution in [2.75, 3.05) is 10.6 Å². The smallest absolute Gasteiger partial charge is 0.335 e. The first-order valence-corrected chi connectivity index (χ1v) is 9.03. The first kappa shape index (κ1) is 18.9. The summed E-state index contributed by atoms with van der Waals surface area (Å²) in [4.78, 5) is 35.5. The molecule has 1 aliphatic rings. The van der Waals surface area contributed by atoms with Gasteiger partial charge in [0, 0.05) is 11.6 Å². The van der Waals surface area contributed by atoms with E-state index in [-0.39, 0.29) is 29.7 Å². The quantitative estimate of drug-likeness (QED) is 0.700. The number of carbonyl (C=O) groups is 3. The molecule has 7 heteroatoms. The lowest BCUT2D eigenvalue weighted by Crippen LogP contribution is -2.28. The third-order valence-electron chi connectivity index (χ3n) is 4.59. The molecule has 0 heterocycles. The second-order valence-electron chi connectivity index (χ2n) is 6.50. The number of aromatic carboxylic acids is 1. The molecule has 2 aromatic carbocycles. The van der Waals surface area contributed by atoms with E-state index in [9.17, 15) is 19.5 Å². The average molecular weight is 387 g/mol. The van der Waals surface area contributed by atoms with Crippen molar-refractivity contribution in [3.05, 3.63) is 58.6 Å². The number of benzene rings is 2. The van der Waals surface area contributed by atoms with Gasteiger partial charge in [0.05, 0.1) is 22.7 Å². The number of halogens is 1. The van der Waals surface area contributed by atoms with E-state index >= 15 is 0 Å². The van der Waals surface area contributed by atoms with E-state index in [4.69, 9.17) is 11.6 Å². The van der Waals surface area contributed by atoms with Crippen LogP contribution in [0.25, 0.3) is 0 Å². The fraction of sp³-hybridized carbons (Fsp3) is 0.250. The highest BCUT2D eigenvalue weighted by Gasteiger charge is 2.25. The number of carbonyl (C=O) groups excluding carboxylic acids is 2. The third kappa shape index (κ3) is 4.65. The third-order valence-corrected chi connectivity index (χ3v) is 4.90. The van der Waals surface area contributed by atoms with Crippen LogP contribution < -0.4 is 10.6 Å². The molecule has 2 aromatic rings. The van der Waals surface area contributed by atoms with Gasteiger partial charge in [-0.15, -0.1) is 0 Å². The predicted octanol–water partition coefficient (Wildman–Crippen LogP) is 3.96. The molecule has 3 N–H and O–H groups in total. The van der Waals surface area contributed by atoms with E-state index in [1.54, 1.807) is 36.4 Å². The van der Waals surface area contributed by atoms with E-state index in [1.807, 2.05) is 0 Å². The van der Waals surface area contributed by atoms with Crippen molar-refractivity contribution >= 4 is 40.8 Å².